The van der Waals surface area contributed by atoms with Gasteiger partial charge in [0, 0.05) is 12.0 Å². The van der Waals surface area contributed by atoms with E-state index in [-0.39, 0.29) is 6.54 Å². The van der Waals surface area contributed by atoms with Crippen molar-refractivity contribution in [3.63, 3.8) is 0 Å². The van der Waals surface area contributed by atoms with Crippen molar-refractivity contribution in [2.75, 3.05) is 13.7 Å². The van der Waals surface area contributed by atoms with E-state index >= 15 is 0 Å². The Bertz CT molecular complexity index is 361. The van der Waals surface area contributed by atoms with Gasteiger partial charge in [0.2, 0.25) is 0 Å². The van der Waals surface area contributed by atoms with E-state index in [1.807, 2.05) is 13.8 Å². The first-order valence-corrected chi connectivity index (χ1v) is 5.38. The van der Waals surface area contributed by atoms with Crippen LogP contribution in [0.25, 0.3) is 0 Å². The van der Waals surface area contributed by atoms with Crippen molar-refractivity contribution in [3.8, 4) is 5.75 Å². The molecule has 2 nitrogen and oxygen atoms in total. The van der Waals surface area contributed by atoms with Crippen LogP contribution in [-0.4, -0.2) is 13.7 Å². The van der Waals surface area contributed by atoms with E-state index in [1.54, 1.807) is 38.3 Å². The molecule has 0 aliphatic heterocycles. The van der Waals surface area contributed by atoms with Gasteiger partial charge in [0.15, 0.2) is 0 Å². The van der Waals surface area contributed by atoms with Gasteiger partial charge in [-0.05, 0) is 24.6 Å². The first-order chi connectivity index (χ1) is 7.35. The third-order valence-corrected chi connectivity index (χ3v) is 3.39. The average Bonchev–Trinajstić information content (AvgIpc) is 2.28. The minimum atomic E-state index is -1.48. The second kappa shape index (κ2) is 4.42. The lowest BCUT2D eigenvalue weighted by Gasteiger charge is -2.37. The molecule has 0 spiro atoms. The maximum absolute atomic E-state index is 14.8. The molecule has 3 heteroatoms. The topological polar surface area (TPSA) is 35.2 Å². The normalized spacial score (nSPS) is 15.6. The summed E-state index contributed by atoms with van der Waals surface area (Å²) in [5.74, 6) is 0.661. The number of methoxy groups -OCH3 is 1. The van der Waals surface area contributed by atoms with Gasteiger partial charge in [-0.1, -0.05) is 26.0 Å². The summed E-state index contributed by atoms with van der Waals surface area (Å²) in [7, 11) is 1.57. The second-order valence-corrected chi connectivity index (χ2v) is 4.82. The zero-order chi connectivity index (χ0) is 12.4. The van der Waals surface area contributed by atoms with Gasteiger partial charge in [-0.2, -0.15) is 0 Å². The molecule has 0 aliphatic rings. The number of rotatable bonds is 4. The van der Waals surface area contributed by atoms with Gasteiger partial charge in [-0.15, -0.1) is 0 Å². The summed E-state index contributed by atoms with van der Waals surface area (Å²) >= 11 is 0. The van der Waals surface area contributed by atoms with Crippen LogP contribution in [0.3, 0.4) is 0 Å². The molecule has 1 unspecified atom stereocenters. The lowest BCUT2D eigenvalue weighted by molar-refractivity contribution is 0.0370. The van der Waals surface area contributed by atoms with E-state index in [4.69, 9.17) is 10.5 Å². The SMILES string of the molecule is COc1cccc(C(C)(F)C(C)(C)CN)c1. The van der Waals surface area contributed by atoms with Crippen LogP contribution < -0.4 is 10.5 Å². The molecule has 1 atom stereocenters. The quantitative estimate of drug-likeness (QED) is 0.855. The predicted octanol–water partition coefficient (Wildman–Crippen LogP) is 2.86. The third kappa shape index (κ3) is 2.19. The van der Waals surface area contributed by atoms with Crippen molar-refractivity contribution >= 4 is 0 Å². The fourth-order valence-corrected chi connectivity index (χ4v) is 1.50. The number of alkyl halides is 1. The van der Waals surface area contributed by atoms with Crippen LogP contribution in [0.2, 0.25) is 0 Å². The van der Waals surface area contributed by atoms with Gasteiger partial charge in [-0.25, -0.2) is 4.39 Å². The van der Waals surface area contributed by atoms with Gasteiger partial charge in [0.05, 0.1) is 7.11 Å². The molecule has 16 heavy (non-hydrogen) atoms. The summed E-state index contributed by atoms with van der Waals surface area (Å²) in [6, 6.07) is 7.07. The lowest BCUT2D eigenvalue weighted by atomic mass is 9.73. The summed E-state index contributed by atoms with van der Waals surface area (Å²) in [6.45, 7) is 5.50. The number of nitrogens with two attached hydrogens (primary N) is 1. The van der Waals surface area contributed by atoms with E-state index in [1.165, 1.54) is 0 Å². The van der Waals surface area contributed by atoms with E-state index in [9.17, 15) is 4.39 Å². The van der Waals surface area contributed by atoms with Crippen LogP contribution >= 0.6 is 0 Å². The van der Waals surface area contributed by atoms with Crippen molar-refractivity contribution in [3.05, 3.63) is 29.8 Å². The van der Waals surface area contributed by atoms with Gasteiger partial charge in [-0.3, -0.25) is 0 Å². The fraction of sp³-hybridized carbons (Fsp3) is 0.538. The molecule has 0 saturated carbocycles. The summed E-state index contributed by atoms with van der Waals surface area (Å²) < 4.78 is 19.9. The molecule has 0 aromatic heterocycles. The van der Waals surface area contributed by atoms with Gasteiger partial charge in [0.25, 0.3) is 0 Å². The Kier molecular flexibility index (Phi) is 3.58. The maximum Gasteiger partial charge on any atom is 0.139 e. The average molecular weight is 225 g/mol. The number of hydrogen-bond acceptors (Lipinski definition) is 2. The molecule has 0 amide bonds. The van der Waals surface area contributed by atoms with Gasteiger partial charge < -0.3 is 10.5 Å². The minimum absolute atomic E-state index is 0.289. The van der Waals surface area contributed by atoms with Crippen LogP contribution in [0.5, 0.6) is 5.75 Å². The molecule has 0 radical (unpaired) electrons. The van der Waals surface area contributed by atoms with Crippen molar-refractivity contribution in [1.29, 1.82) is 0 Å². The lowest BCUT2D eigenvalue weighted by Crippen LogP contribution is -2.41. The Morgan fingerprint density at radius 1 is 1.31 bits per heavy atom. The minimum Gasteiger partial charge on any atom is -0.497 e. The largest absolute Gasteiger partial charge is 0.497 e. The number of ether oxygens (including phenoxy) is 1. The van der Waals surface area contributed by atoms with Crippen LogP contribution in [-0.2, 0) is 5.67 Å². The number of benzene rings is 1. The summed E-state index contributed by atoms with van der Waals surface area (Å²) in [6.07, 6.45) is 0. The highest BCUT2D eigenvalue weighted by Crippen LogP contribution is 2.42. The molecule has 0 fully saturated rings. The summed E-state index contributed by atoms with van der Waals surface area (Å²) in [5.41, 5.74) is 4.14. The monoisotopic (exact) mass is 225 g/mol. The summed E-state index contributed by atoms with van der Waals surface area (Å²) in [5, 5.41) is 0. The first-order valence-electron chi connectivity index (χ1n) is 5.38. The first kappa shape index (κ1) is 13.0. The Morgan fingerprint density at radius 3 is 2.44 bits per heavy atom. The molecule has 0 heterocycles. The Morgan fingerprint density at radius 2 is 1.94 bits per heavy atom. The molecule has 1 rings (SSSR count). The standard InChI is InChI=1S/C13H20FNO/c1-12(2,9-15)13(3,14)10-6-5-7-11(8-10)16-4/h5-8H,9,15H2,1-4H3. The van der Waals surface area contributed by atoms with Crippen LogP contribution in [0.1, 0.15) is 26.3 Å². The van der Waals surface area contributed by atoms with Crippen molar-refractivity contribution < 1.29 is 9.13 Å². The zero-order valence-electron chi connectivity index (χ0n) is 10.4. The fourth-order valence-electron chi connectivity index (χ4n) is 1.50. The molecule has 90 valence electrons. The predicted molar refractivity (Wildman–Crippen MR) is 64.3 cm³/mol. The van der Waals surface area contributed by atoms with Crippen molar-refractivity contribution in [1.82, 2.24) is 0 Å². The number of halogens is 1. The Balaban J connectivity index is 3.16. The van der Waals surface area contributed by atoms with Crippen LogP contribution in [0.15, 0.2) is 24.3 Å². The Labute approximate surface area is 96.6 Å². The van der Waals surface area contributed by atoms with E-state index in [0.717, 1.165) is 0 Å². The molecule has 1 aromatic rings. The zero-order valence-corrected chi connectivity index (χ0v) is 10.4. The molecule has 0 saturated heterocycles. The van der Waals surface area contributed by atoms with Gasteiger partial charge >= 0.3 is 0 Å². The highest BCUT2D eigenvalue weighted by molar-refractivity contribution is 5.33. The van der Waals surface area contributed by atoms with Crippen LogP contribution in [0, 0.1) is 5.41 Å². The molecular formula is C13H20FNO. The van der Waals surface area contributed by atoms with Gasteiger partial charge in [0.1, 0.15) is 11.4 Å². The van der Waals surface area contributed by atoms with Crippen LogP contribution in [0.4, 0.5) is 4.39 Å². The molecule has 0 bridgehead atoms. The maximum atomic E-state index is 14.8. The number of hydrogen-bond donors (Lipinski definition) is 1. The second-order valence-electron chi connectivity index (χ2n) is 4.82. The molecule has 1 aromatic carbocycles. The third-order valence-electron chi connectivity index (χ3n) is 3.39. The molecule has 0 aliphatic carbocycles. The van der Waals surface area contributed by atoms with E-state index < -0.39 is 11.1 Å². The molecular weight excluding hydrogens is 205 g/mol. The van der Waals surface area contributed by atoms with Crippen molar-refractivity contribution in [2.24, 2.45) is 11.1 Å². The van der Waals surface area contributed by atoms with E-state index in [0.29, 0.717) is 11.3 Å². The smallest absolute Gasteiger partial charge is 0.139 e. The molecule has 2 N–H and O–H groups in total. The van der Waals surface area contributed by atoms with Crippen molar-refractivity contribution in [2.45, 2.75) is 26.4 Å². The highest BCUT2D eigenvalue weighted by Gasteiger charge is 2.42. The Hall–Kier alpha value is -1.09. The summed E-state index contributed by atoms with van der Waals surface area (Å²) in [4.78, 5) is 0. The van der Waals surface area contributed by atoms with E-state index in [2.05, 4.69) is 0 Å². The highest BCUT2D eigenvalue weighted by atomic mass is 19.1.